The summed E-state index contributed by atoms with van der Waals surface area (Å²) in [6.45, 7) is 5.46. The van der Waals surface area contributed by atoms with Crippen molar-refractivity contribution in [2.45, 2.75) is 32.8 Å². The molecule has 1 aliphatic heterocycles. The molecular formula is C14H20N6O. The number of nitrogens with one attached hydrogen (secondary N) is 1. The Labute approximate surface area is 123 Å². The van der Waals surface area contributed by atoms with Crippen molar-refractivity contribution in [1.29, 1.82) is 0 Å². The Bertz CT molecular complexity index is 632. The molecule has 0 aliphatic carbocycles. The summed E-state index contributed by atoms with van der Waals surface area (Å²) >= 11 is 0. The number of nitrogens with two attached hydrogens (primary N) is 1. The highest BCUT2D eigenvalue weighted by Gasteiger charge is 2.17. The van der Waals surface area contributed by atoms with Gasteiger partial charge in [-0.2, -0.15) is 5.10 Å². The van der Waals surface area contributed by atoms with Gasteiger partial charge in [-0.05, 0) is 32.8 Å². The SMILES string of the molecule is Cc1cc(C)n(-c2ncnc(NCC3CCCO3)c2N)n1. The van der Waals surface area contributed by atoms with E-state index < -0.39 is 0 Å². The second-order valence-corrected chi connectivity index (χ2v) is 5.31. The van der Waals surface area contributed by atoms with E-state index in [1.54, 1.807) is 4.68 Å². The number of rotatable bonds is 4. The minimum Gasteiger partial charge on any atom is -0.393 e. The molecule has 2 aromatic rings. The molecule has 3 heterocycles. The van der Waals surface area contributed by atoms with Crippen LogP contribution < -0.4 is 11.1 Å². The van der Waals surface area contributed by atoms with Crippen LogP contribution in [-0.2, 0) is 4.74 Å². The van der Waals surface area contributed by atoms with E-state index >= 15 is 0 Å². The first-order chi connectivity index (χ1) is 10.1. The monoisotopic (exact) mass is 288 g/mol. The Morgan fingerprint density at radius 3 is 2.95 bits per heavy atom. The highest BCUT2D eigenvalue weighted by molar-refractivity contribution is 5.69. The molecule has 0 aromatic carbocycles. The Balaban J connectivity index is 1.82. The van der Waals surface area contributed by atoms with Gasteiger partial charge in [0.15, 0.2) is 11.6 Å². The molecule has 112 valence electrons. The molecule has 1 saturated heterocycles. The van der Waals surface area contributed by atoms with Crippen molar-refractivity contribution in [2.24, 2.45) is 0 Å². The fourth-order valence-corrected chi connectivity index (χ4v) is 2.56. The summed E-state index contributed by atoms with van der Waals surface area (Å²) in [7, 11) is 0. The van der Waals surface area contributed by atoms with E-state index in [0.29, 0.717) is 23.9 Å². The van der Waals surface area contributed by atoms with Crippen molar-refractivity contribution in [3.05, 3.63) is 23.8 Å². The fourth-order valence-electron chi connectivity index (χ4n) is 2.56. The number of nitrogen functional groups attached to an aromatic ring is 1. The molecule has 0 amide bonds. The van der Waals surface area contributed by atoms with Gasteiger partial charge in [0.05, 0.1) is 11.8 Å². The zero-order chi connectivity index (χ0) is 14.8. The molecule has 0 radical (unpaired) electrons. The second kappa shape index (κ2) is 5.69. The fraction of sp³-hybridized carbons (Fsp3) is 0.500. The van der Waals surface area contributed by atoms with Crippen molar-refractivity contribution in [3.8, 4) is 5.82 Å². The molecule has 7 heteroatoms. The Morgan fingerprint density at radius 1 is 1.43 bits per heavy atom. The summed E-state index contributed by atoms with van der Waals surface area (Å²) < 4.78 is 7.33. The van der Waals surface area contributed by atoms with Gasteiger partial charge in [0.25, 0.3) is 0 Å². The third-order valence-corrected chi connectivity index (χ3v) is 3.59. The molecule has 21 heavy (non-hydrogen) atoms. The normalized spacial score (nSPS) is 18.1. The molecule has 0 saturated carbocycles. The van der Waals surface area contributed by atoms with Crippen molar-refractivity contribution in [1.82, 2.24) is 19.7 Å². The molecule has 1 aliphatic rings. The van der Waals surface area contributed by atoms with Crippen LogP contribution in [0, 0.1) is 13.8 Å². The predicted molar refractivity (Wildman–Crippen MR) is 80.5 cm³/mol. The summed E-state index contributed by atoms with van der Waals surface area (Å²) in [5.74, 6) is 1.23. The predicted octanol–water partition coefficient (Wildman–Crippen LogP) is 1.45. The van der Waals surface area contributed by atoms with Crippen LogP contribution in [0.15, 0.2) is 12.4 Å². The van der Waals surface area contributed by atoms with E-state index in [0.717, 1.165) is 30.8 Å². The van der Waals surface area contributed by atoms with E-state index in [1.165, 1.54) is 6.33 Å². The summed E-state index contributed by atoms with van der Waals surface area (Å²) in [5, 5.41) is 7.66. The van der Waals surface area contributed by atoms with Crippen LogP contribution in [0.25, 0.3) is 5.82 Å². The average molecular weight is 288 g/mol. The van der Waals surface area contributed by atoms with Gasteiger partial charge in [-0.15, -0.1) is 0 Å². The number of hydrogen-bond donors (Lipinski definition) is 2. The van der Waals surface area contributed by atoms with Crippen LogP contribution in [-0.4, -0.2) is 39.0 Å². The lowest BCUT2D eigenvalue weighted by molar-refractivity contribution is 0.120. The van der Waals surface area contributed by atoms with Crippen molar-refractivity contribution in [2.75, 3.05) is 24.2 Å². The maximum absolute atomic E-state index is 6.19. The molecule has 0 spiro atoms. The molecule has 3 rings (SSSR count). The second-order valence-electron chi connectivity index (χ2n) is 5.31. The maximum atomic E-state index is 6.19. The van der Waals surface area contributed by atoms with Gasteiger partial charge < -0.3 is 15.8 Å². The van der Waals surface area contributed by atoms with Crippen LogP contribution in [0.5, 0.6) is 0 Å². The van der Waals surface area contributed by atoms with Crippen LogP contribution in [0.4, 0.5) is 11.5 Å². The first-order valence-electron chi connectivity index (χ1n) is 7.14. The topological polar surface area (TPSA) is 90.9 Å². The number of nitrogens with zero attached hydrogens (tertiary/aromatic N) is 4. The van der Waals surface area contributed by atoms with Crippen LogP contribution in [0.2, 0.25) is 0 Å². The van der Waals surface area contributed by atoms with Crippen LogP contribution >= 0.6 is 0 Å². The average Bonchev–Trinajstić information content (AvgIpc) is 3.07. The van der Waals surface area contributed by atoms with E-state index in [-0.39, 0.29) is 6.10 Å². The molecule has 0 bridgehead atoms. The lowest BCUT2D eigenvalue weighted by Crippen LogP contribution is -2.20. The van der Waals surface area contributed by atoms with E-state index in [2.05, 4.69) is 20.4 Å². The molecular weight excluding hydrogens is 268 g/mol. The molecule has 1 atom stereocenters. The zero-order valence-corrected chi connectivity index (χ0v) is 12.3. The first-order valence-corrected chi connectivity index (χ1v) is 7.14. The number of aromatic nitrogens is 4. The van der Waals surface area contributed by atoms with E-state index in [9.17, 15) is 0 Å². The summed E-state index contributed by atoms with van der Waals surface area (Å²) in [6, 6.07) is 1.99. The van der Waals surface area contributed by atoms with Gasteiger partial charge >= 0.3 is 0 Å². The van der Waals surface area contributed by atoms with E-state index in [4.69, 9.17) is 10.5 Å². The Hall–Kier alpha value is -2.15. The molecule has 1 fully saturated rings. The van der Waals surface area contributed by atoms with Gasteiger partial charge in [-0.1, -0.05) is 0 Å². The summed E-state index contributed by atoms with van der Waals surface area (Å²) in [5.41, 5.74) is 8.61. The number of aryl methyl sites for hydroxylation is 2. The highest BCUT2D eigenvalue weighted by Crippen LogP contribution is 2.23. The summed E-state index contributed by atoms with van der Waals surface area (Å²) in [6.07, 6.45) is 3.92. The van der Waals surface area contributed by atoms with Gasteiger partial charge in [0.1, 0.15) is 12.0 Å². The van der Waals surface area contributed by atoms with Gasteiger partial charge in [-0.3, -0.25) is 0 Å². The van der Waals surface area contributed by atoms with Gasteiger partial charge in [0.2, 0.25) is 0 Å². The smallest absolute Gasteiger partial charge is 0.182 e. The van der Waals surface area contributed by atoms with Crippen LogP contribution in [0.3, 0.4) is 0 Å². The third-order valence-electron chi connectivity index (χ3n) is 3.59. The molecule has 3 N–H and O–H groups in total. The summed E-state index contributed by atoms with van der Waals surface area (Å²) in [4.78, 5) is 8.47. The molecule has 2 aromatic heterocycles. The highest BCUT2D eigenvalue weighted by atomic mass is 16.5. The minimum absolute atomic E-state index is 0.233. The largest absolute Gasteiger partial charge is 0.393 e. The number of hydrogen-bond acceptors (Lipinski definition) is 6. The maximum Gasteiger partial charge on any atom is 0.182 e. The quantitative estimate of drug-likeness (QED) is 0.885. The van der Waals surface area contributed by atoms with Crippen molar-refractivity contribution in [3.63, 3.8) is 0 Å². The standard InChI is InChI=1S/C14H20N6O/c1-9-6-10(2)20(19-9)14-12(15)13(17-8-18-14)16-7-11-4-3-5-21-11/h6,8,11H,3-5,7,15H2,1-2H3,(H,16,17,18). The third kappa shape index (κ3) is 2.82. The van der Waals surface area contributed by atoms with Crippen LogP contribution in [0.1, 0.15) is 24.2 Å². The van der Waals surface area contributed by atoms with Gasteiger partial charge in [0, 0.05) is 18.8 Å². The number of anilines is 2. The Morgan fingerprint density at radius 2 is 2.29 bits per heavy atom. The van der Waals surface area contributed by atoms with Gasteiger partial charge in [-0.25, -0.2) is 14.6 Å². The minimum atomic E-state index is 0.233. The first kappa shape index (κ1) is 13.8. The van der Waals surface area contributed by atoms with Crippen molar-refractivity contribution < 1.29 is 4.74 Å². The van der Waals surface area contributed by atoms with Crippen molar-refractivity contribution >= 4 is 11.5 Å². The number of ether oxygens (including phenoxy) is 1. The lowest BCUT2D eigenvalue weighted by Gasteiger charge is -2.14. The lowest BCUT2D eigenvalue weighted by atomic mass is 10.2. The molecule has 7 nitrogen and oxygen atoms in total. The van der Waals surface area contributed by atoms with E-state index in [1.807, 2.05) is 19.9 Å². The Kier molecular flexibility index (Phi) is 3.74. The molecule has 1 unspecified atom stereocenters. The zero-order valence-electron chi connectivity index (χ0n) is 12.3.